The number of methoxy groups -OCH3 is 1. The molecule has 2 aliphatic rings. The van der Waals surface area contributed by atoms with Crippen molar-refractivity contribution in [3.05, 3.63) is 29.8 Å². The fourth-order valence-electron chi connectivity index (χ4n) is 5.12. The molecule has 1 amide bonds. The highest BCUT2D eigenvalue weighted by Crippen LogP contribution is 2.36. The van der Waals surface area contributed by atoms with E-state index in [9.17, 15) is 4.79 Å². The first-order valence-electron chi connectivity index (χ1n) is 11.7. The summed E-state index contributed by atoms with van der Waals surface area (Å²) < 4.78 is 5.34. The van der Waals surface area contributed by atoms with Gasteiger partial charge in [-0.1, -0.05) is 12.1 Å². The molecule has 2 aliphatic heterocycles. The van der Waals surface area contributed by atoms with Gasteiger partial charge in [-0.25, -0.2) is 0 Å². The van der Waals surface area contributed by atoms with E-state index in [1.807, 2.05) is 0 Å². The second-order valence-electron chi connectivity index (χ2n) is 8.92. The van der Waals surface area contributed by atoms with Crippen LogP contribution in [0.1, 0.15) is 50.6 Å². The summed E-state index contributed by atoms with van der Waals surface area (Å²) in [5.41, 5.74) is 6.77. The summed E-state index contributed by atoms with van der Waals surface area (Å²) in [4.78, 5) is 21.2. The van der Waals surface area contributed by atoms with Crippen LogP contribution in [0.2, 0.25) is 0 Å². The topological polar surface area (TPSA) is 83.2 Å². The molecule has 32 heavy (non-hydrogen) atoms. The molecule has 3 rings (SSSR count). The molecule has 2 fully saturated rings. The van der Waals surface area contributed by atoms with E-state index in [2.05, 4.69) is 53.4 Å². The van der Waals surface area contributed by atoms with Gasteiger partial charge in [-0.3, -0.25) is 14.7 Å². The number of nitrogens with zero attached hydrogens (tertiary/aromatic N) is 3. The van der Waals surface area contributed by atoms with Crippen LogP contribution in [0.5, 0.6) is 5.75 Å². The van der Waals surface area contributed by atoms with Crippen LogP contribution in [-0.4, -0.2) is 68.5 Å². The lowest BCUT2D eigenvalue weighted by atomic mass is 9.85. The average Bonchev–Trinajstić information content (AvgIpc) is 2.76. The highest BCUT2D eigenvalue weighted by Gasteiger charge is 2.31. The summed E-state index contributed by atoms with van der Waals surface area (Å²) in [5, 5.41) is 3.48. The van der Waals surface area contributed by atoms with Crippen LogP contribution in [-0.2, 0) is 4.79 Å². The molecule has 0 spiro atoms. The van der Waals surface area contributed by atoms with E-state index in [1.54, 1.807) is 7.11 Å². The van der Waals surface area contributed by atoms with Crippen LogP contribution in [0.15, 0.2) is 29.3 Å². The summed E-state index contributed by atoms with van der Waals surface area (Å²) in [6, 6.07) is 8.83. The van der Waals surface area contributed by atoms with E-state index in [4.69, 9.17) is 15.5 Å². The average molecular weight is 558 g/mol. The van der Waals surface area contributed by atoms with Gasteiger partial charge in [0.15, 0.2) is 5.96 Å². The maximum absolute atomic E-state index is 11.4. The van der Waals surface area contributed by atoms with Crippen molar-refractivity contribution in [2.45, 2.75) is 45.1 Å². The third-order valence-electron chi connectivity index (χ3n) is 6.58. The molecule has 3 unspecified atom stereocenters. The van der Waals surface area contributed by atoms with Gasteiger partial charge in [-0.2, -0.15) is 0 Å². The number of nitrogens with two attached hydrogens (primary N) is 1. The van der Waals surface area contributed by atoms with Crippen molar-refractivity contribution in [2.24, 2.45) is 22.6 Å². The number of hydrogen-bond acceptors (Lipinski definition) is 4. The number of carbonyl (C=O) groups excluding carboxylic acids is 1. The molecule has 0 radical (unpaired) electrons. The van der Waals surface area contributed by atoms with E-state index in [0.29, 0.717) is 24.3 Å². The monoisotopic (exact) mass is 557 g/mol. The maximum Gasteiger partial charge on any atom is 0.217 e. The number of benzene rings is 1. The number of guanidine groups is 1. The van der Waals surface area contributed by atoms with Gasteiger partial charge < -0.3 is 20.7 Å². The molecule has 0 saturated carbocycles. The molecule has 7 nitrogen and oxygen atoms in total. The molecule has 1 aromatic rings. The summed E-state index contributed by atoms with van der Waals surface area (Å²) in [7, 11) is 3.92. The highest BCUT2D eigenvalue weighted by molar-refractivity contribution is 14.0. The van der Waals surface area contributed by atoms with Crippen molar-refractivity contribution in [1.29, 1.82) is 0 Å². The summed E-state index contributed by atoms with van der Waals surface area (Å²) in [5.74, 6) is 2.44. The van der Waals surface area contributed by atoms with Crippen LogP contribution in [0, 0.1) is 11.8 Å². The molecular formula is C24H40IN5O2. The minimum Gasteiger partial charge on any atom is -0.497 e. The number of aliphatic imine (C=N–C) groups is 1. The predicted molar refractivity (Wildman–Crippen MR) is 141 cm³/mol. The third-order valence-corrected chi connectivity index (χ3v) is 6.58. The van der Waals surface area contributed by atoms with Crippen LogP contribution < -0.4 is 15.8 Å². The Labute approximate surface area is 210 Å². The number of rotatable bonds is 7. The number of halogens is 1. The van der Waals surface area contributed by atoms with Crippen LogP contribution in [0.25, 0.3) is 0 Å². The normalized spacial score (nSPS) is 24.5. The molecular weight excluding hydrogens is 517 g/mol. The van der Waals surface area contributed by atoms with Gasteiger partial charge in [0.25, 0.3) is 0 Å². The molecule has 3 N–H and O–H groups in total. The second-order valence-corrected chi connectivity index (χ2v) is 8.92. The first-order valence-corrected chi connectivity index (χ1v) is 11.7. The number of piperidine rings is 2. The van der Waals surface area contributed by atoms with Crippen LogP contribution in [0.4, 0.5) is 0 Å². The Kier molecular flexibility index (Phi) is 11.0. The van der Waals surface area contributed by atoms with E-state index in [-0.39, 0.29) is 29.9 Å². The summed E-state index contributed by atoms with van der Waals surface area (Å²) in [6.07, 6.45) is 4.97. The van der Waals surface area contributed by atoms with Crippen molar-refractivity contribution in [2.75, 3.05) is 46.9 Å². The van der Waals surface area contributed by atoms with Crippen molar-refractivity contribution >= 4 is 35.8 Å². The fraction of sp³-hybridized carbons (Fsp3) is 0.667. The number of primary amides is 1. The zero-order valence-electron chi connectivity index (χ0n) is 19.8. The Bertz CT molecular complexity index is 742. The lowest BCUT2D eigenvalue weighted by molar-refractivity contribution is -0.119. The number of ether oxygens (including phenoxy) is 1. The fourth-order valence-corrected chi connectivity index (χ4v) is 5.12. The molecule has 3 atom stereocenters. The van der Waals surface area contributed by atoms with Crippen LogP contribution in [0.3, 0.4) is 0 Å². The Hall–Kier alpha value is -1.55. The number of likely N-dealkylation sites (tertiary alicyclic amines) is 2. The zero-order valence-corrected chi connectivity index (χ0v) is 22.1. The van der Waals surface area contributed by atoms with Gasteiger partial charge in [-0.15, -0.1) is 24.0 Å². The number of nitrogens with one attached hydrogen (secondary N) is 1. The Morgan fingerprint density at radius 1 is 1.22 bits per heavy atom. The molecule has 8 heteroatoms. The molecule has 0 bridgehead atoms. The van der Waals surface area contributed by atoms with Gasteiger partial charge >= 0.3 is 0 Å². The number of carbonyl (C=O) groups is 1. The smallest absolute Gasteiger partial charge is 0.217 e. The number of hydrogen-bond donors (Lipinski definition) is 2. The largest absolute Gasteiger partial charge is 0.497 e. The number of amides is 1. The predicted octanol–water partition coefficient (Wildman–Crippen LogP) is 3.25. The van der Waals surface area contributed by atoms with Gasteiger partial charge in [0.1, 0.15) is 5.75 Å². The third kappa shape index (κ3) is 7.23. The minimum atomic E-state index is -0.207. The van der Waals surface area contributed by atoms with Gasteiger partial charge in [0, 0.05) is 38.6 Å². The van der Waals surface area contributed by atoms with Gasteiger partial charge in [0.05, 0.1) is 7.11 Å². The molecule has 2 heterocycles. The minimum absolute atomic E-state index is 0. The van der Waals surface area contributed by atoms with Gasteiger partial charge in [-0.05, 0) is 75.7 Å². The Morgan fingerprint density at radius 2 is 1.94 bits per heavy atom. The second kappa shape index (κ2) is 13.2. The zero-order chi connectivity index (χ0) is 22.2. The lowest BCUT2D eigenvalue weighted by Gasteiger charge is -2.39. The SMILES string of the molecule is CCNC(=NCC1CCCN(C)C1c1ccc(OC)cc1)N1CCCC(CC(N)=O)C1.I. The van der Waals surface area contributed by atoms with Crippen LogP contribution >= 0.6 is 24.0 Å². The Balaban J connectivity index is 0.00000363. The van der Waals surface area contributed by atoms with Gasteiger partial charge in [0.2, 0.25) is 5.91 Å². The van der Waals surface area contributed by atoms with Crippen molar-refractivity contribution in [3.63, 3.8) is 0 Å². The van der Waals surface area contributed by atoms with E-state index in [0.717, 1.165) is 57.3 Å². The molecule has 180 valence electrons. The maximum atomic E-state index is 11.4. The lowest BCUT2D eigenvalue weighted by Crippen LogP contribution is -2.47. The van der Waals surface area contributed by atoms with E-state index < -0.39 is 0 Å². The van der Waals surface area contributed by atoms with E-state index in [1.165, 1.54) is 18.4 Å². The summed E-state index contributed by atoms with van der Waals surface area (Å²) in [6.45, 7) is 6.67. The molecule has 0 aromatic heterocycles. The van der Waals surface area contributed by atoms with E-state index >= 15 is 0 Å². The molecule has 2 saturated heterocycles. The molecule has 1 aromatic carbocycles. The first kappa shape index (κ1) is 26.7. The highest BCUT2D eigenvalue weighted by atomic mass is 127. The van der Waals surface area contributed by atoms with Crippen molar-refractivity contribution in [3.8, 4) is 5.75 Å². The van der Waals surface area contributed by atoms with Crippen molar-refractivity contribution < 1.29 is 9.53 Å². The molecule has 0 aliphatic carbocycles. The first-order chi connectivity index (χ1) is 15.0. The summed E-state index contributed by atoms with van der Waals surface area (Å²) >= 11 is 0. The quantitative estimate of drug-likeness (QED) is 0.306. The van der Waals surface area contributed by atoms with Crippen molar-refractivity contribution in [1.82, 2.24) is 15.1 Å². The standard InChI is InChI=1S/C24H39N5O2.HI/c1-4-26-24(29-14-5-7-18(17-29)15-22(25)30)27-16-20-8-6-13-28(2)23(20)19-9-11-21(31-3)12-10-19;/h9-12,18,20,23H,4-8,13-17H2,1-3H3,(H2,25,30)(H,26,27);1H. The Morgan fingerprint density at radius 3 is 2.59 bits per heavy atom.